The van der Waals surface area contributed by atoms with Crippen LogP contribution in [0.5, 0.6) is 0 Å². The van der Waals surface area contributed by atoms with Crippen molar-refractivity contribution >= 4 is 29.9 Å². The zero-order chi connectivity index (χ0) is 18.2. The van der Waals surface area contributed by atoms with Crippen LogP contribution in [0.3, 0.4) is 0 Å². The van der Waals surface area contributed by atoms with Gasteiger partial charge in [0.2, 0.25) is 5.89 Å². The van der Waals surface area contributed by atoms with Gasteiger partial charge in [-0.1, -0.05) is 17.7 Å². The first kappa shape index (κ1) is 20.9. The van der Waals surface area contributed by atoms with E-state index in [0.29, 0.717) is 12.4 Å². The molecule has 7 nitrogen and oxygen atoms in total. The molecule has 3 aromatic rings. The molecule has 0 radical (unpaired) electrons. The van der Waals surface area contributed by atoms with Crippen molar-refractivity contribution in [3.63, 3.8) is 0 Å². The summed E-state index contributed by atoms with van der Waals surface area (Å²) in [6, 6.07) is 10.0. The molecule has 3 rings (SSSR count). The molecule has 0 fully saturated rings. The molecule has 2 N–H and O–H groups in total. The van der Waals surface area contributed by atoms with E-state index in [-0.39, 0.29) is 24.0 Å². The highest BCUT2D eigenvalue weighted by Gasteiger charge is 2.06. The van der Waals surface area contributed by atoms with Crippen LogP contribution in [0.1, 0.15) is 18.2 Å². The van der Waals surface area contributed by atoms with Crippen LogP contribution >= 0.6 is 24.0 Å². The average molecular weight is 480 g/mol. The molecule has 2 aromatic heterocycles. The number of hydrogen-bond donors (Lipinski definition) is 2. The molecule has 0 amide bonds. The lowest BCUT2D eigenvalue weighted by molar-refractivity contribution is 0.572. The van der Waals surface area contributed by atoms with Crippen LogP contribution in [-0.4, -0.2) is 33.8 Å². The summed E-state index contributed by atoms with van der Waals surface area (Å²) < 4.78 is 7.46. The van der Waals surface area contributed by atoms with Gasteiger partial charge in [-0.3, -0.25) is 4.68 Å². The Hall–Kier alpha value is -2.36. The van der Waals surface area contributed by atoms with Gasteiger partial charge in [-0.25, -0.2) is 9.98 Å². The van der Waals surface area contributed by atoms with E-state index in [1.54, 1.807) is 12.5 Å². The maximum atomic E-state index is 5.58. The summed E-state index contributed by atoms with van der Waals surface area (Å²) in [6.07, 6.45) is 5.37. The van der Waals surface area contributed by atoms with E-state index < -0.39 is 0 Å². The van der Waals surface area contributed by atoms with Gasteiger partial charge in [-0.2, -0.15) is 5.10 Å². The first-order valence-corrected chi connectivity index (χ1v) is 8.75. The molecule has 0 bridgehead atoms. The standard InChI is InChI=1S/C19H24N6O.HI/c1-3-20-19(21-10-12-25-11-4-9-23-25)22-13-17-14-26-18(24-17)16-7-5-15(2)6-8-16;/h4-9,11,14H,3,10,12-13H2,1-2H3,(H2,20,21,22);1H. The zero-order valence-electron chi connectivity index (χ0n) is 15.6. The normalized spacial score (nSPS) is 11.1. The van der Waals surface area contributed by atoms with Gasteiger partial charge in [0.25, 0.3) is 0 Å². The Morgan fingerprint density at radius 1 is 1.22 bits per heavy atom. The number of oxazole rings is 1. The Morgan fingerprint density at radius 2 is 2.04 bits per heavy atom. The van der Waals surface area contributed by atoms with Crippen LogP contribution in [-0.2, 0) is 13.1 Å². The number of guanidine groups is 1. The Kier molecular flexibility index (Phi) is 8.31. The monoisotopic (exact) mass is 480 g/mol. The number of nitrogens with one attached hydrogen (secondary N) is 2. The molecule has 0 atom stereocenters. The molecule has 0 aliphatic carbocycles. The number of aliphatic imine (C=N–C) groups is 1. The average Bonchev–Trinajstić information content (AvgIpc) is 3.32. The second kappa shape index (κ2) is 10.7. The number of aryl methyl sites for hydroxylation is 1. The first-order chi connectivity index (χ1) is 12.7. The van der Waals surface area contributed by atoms with Crippen molar-refractivity contribution in [2.45, 2.75) is 26.9 Å². The largest absolute Gasteiger partial charge is 0.444 e. The first-order valence-electron chi connectivity index (χ1n) is 8.75. The molecule has 2 heterocycles. The number of nitrogens with zero attached hydrogens (tertiary/aromatic N) is 4. The third-order valence-corrected chi connectivity index (χ3v) is 3.79. The number of halogens is 1. The SMILES string of the molecule is CCNC(=NCc1coc(-c2ccc(C)cc2)n1)NCCn1cccn1.I. The predicted molar refractivity (Wildman–Crippen MR) is 117 cm³/mol. The van der Waals surface area contributed by atoms with Gasteiger partial charge in [0.05, 0.1) is 13.1 Å². The van der Waals surface area contributed by atoms with Crippen molar-refractivity contribution in [1.29, 1.82) is 0 Å². The number of hydrogen-bond acceptors (Lipinski definition) is 4. The third-order valence-electron chi connectivity index (χ3n) is 3.79. The second-order valence-electron chi connectivity index (χ2n) is 5.90. The van der Waals surface area contributed by atoms with Crippen molar-refractivity contribution < 1.29 is 4.42 Å². The molecule has 1 aromatic carbocycles. The molecule has 0 spiro atoms. The number of rotatable bonds is 7. The lowest BCUT2D eigenvalue weighted by Gasteiger charge is -2.10. The van der Waals surface area contributed by atoms with E-state index in [1.807, 2.05) is 48.1 Å². The fraction of sp³-hybridized carbons (Fsp3) is 0.316. The molecule has 0 saturated carbocycles. The van der Waals surface area contributed by atoms with Gasteiger partial charge in [0.15, 0.2) is 5.96 Å². The number of aromatic nitrogens is 3. The Bertz CT molecular complexity index is 826. The van der Waals surface area contributed by atoms with E-state index in [9.17, 15) is 0 Å². The van der Waals surface area contributed by atoms with Gasteiger partial charge in [0, 0.05) is 31.0 Å². The molecule has 0 unspecified atom stereocenters. The van der Waals surface area contributed by atoms with Gasteiger partial charge in [-0.15, -0.1) is 24.0 Å². The summed E-state index contributed by atoms with van der Waals surface area (Å²) >= 11 is 0. The summed E-state index contributed by atoms with van der Waals surface area (Å²) in [5.74, 6) is 1.37. The van der Waals surface area contributed by atoms with Crippen LogP contribution in [0.2, 0.25) is 0 Å². The van der Waals surface area contributed by atoms with E-state index in [1.165, 1.54) is 5.56 Å². The van der Waals surface area contributed by atoms with Crippen LogP contribution < -0.4 is 10.6 Å². The predicted octanol–water partition coefficient (Wildman–Crippen LogP) is 3.22. The van der Waals surface area contributed by atoms with Gasteiger partial charge < -0.3 is 15.1 Å². The summed E-state index contributed by atoms with van der Waals surface area (Å²) in [7, 11) is 0. The minimum Gasteiger partial charge on any atom is -0.444 e. The maximum absolute atomic E-state index is 5.58. The minimum atomic E-state index is 0. The van der Waals surface area contributed by atoms with Crippen molar-refractivity contribution in [3.05, 3.63) is 60.2 Å². The molecule has 27 heavy (non-hydrogen) atoms. The van der Waals surface area contributed by atoms with Crippen molar-refractivity contribution in [2.75, 3.05) is 13.1 Å². The quantitative estimate of drug-likeness (QED) is 0.309. The molecule has 0 aliphatic rings. The molecular formula is C19H25IN6O. The Morgan fingerprint density at radius 3 is 2.74 bits per heavy atom. The highest BCUT2D eigenvalue weighted by Crippen LogP contribution is 2.19. The third kappa shape index (κ3) is 6.38. The van der Waals surface area contributed by atoms with E-state index in [0.717, 1.165) is 36.9 Å². The van der Waals surface area contributed by atoms with Gasteiger partial charge >= 0.3 is 0 Å². The van der Waals surface area contributed by atoms with E-state index in [4.69, 9.17) is 4.42 Å². The van der Waals surface area contributed by atoms with Crippen LogP contribution in [0.25, 0.3) is 11.5 Å². The summed E-state index contributed by atoms with van der Waals surface area (Å²) in [4.78, 5) is 9.09. The summed E-state index contributed by atoms with van der Waals surface area (Å²) in [5.41, 5.74) is 2.97. The minimum absolute atomic E-state index is 0. The fourth-order valence-electron chi connectivity index (χ4n) is 2.43. The van der Waals surface area contributed by atoms with Gasteiger partial charge in [-0.05, 0) is 32.0 Å². The van der Waals surface area contributed by atoms with Crippen LogP contribution in [0, 0.1) is 6.92 Å². The molecule has 0 saturated heterocycles. The van der Waals surface area contributed by atoms with Crippen LogP contribution in [0.4, 0.5) is 0 Å². The highest BCUT2D eigenvalue weighted by molar-refractivity contribution is 14.0. The summed E-state index contributed by atoms with van der Waals surface area (Å²) in [6.45, 7) is 6.85. The molecule has 144 valence electrons. The smallest absolute Gasteiger partial charge is 0.226 e. The fourth-order valence-corrected chi connectivity index (χ4v) is 2.43. The van der Waals surface area contributed by atoms with Crippen molar-refractivity contribution in [3.8, 4) is 11.5 Å². The molecule has 8 heteroatoms. The molecule has 0 aliphatic heterocycles. The van der Waals surface area contributed by atoms with E-state index in [2.05, 4.69) is 32.6 Å². The second-order valence-corrected chi connectivity index (χ2v) is 5.90. The highest BCUT2D eigenvalue weighted by atomic mass is 127. The van der Waals surface area contributed by atoms with Crippen LogP contribution in [0.15, 0.2) is 58.4 Å². The van der Waals surface area contributed by atoms with Crippen molar-refractivity contribution in [1.82, 2.24) is 25.4 Å². The topological polar surface area (TPSA) is 80.3 Å². The van der Waals surface area contributed by atoms with Crippen molar-refractivity contribution in [2.24, 2.45) is 4.99 Å². The molecular weight excluding hydrogens is 455 g/mol. The lowest BCUT2D eigenvalue weighted by Crippen LogP contribution is -2.38. The number of benzene rings is 1. The maximum Gasteiger partial charge on any atom is 0.226 e. The van der Waals surface area contributed by atoms with Gasteiger partial charge in [0.1, 0.15) is 12.0 Å². The lowest BCUT2D eigenvalue weighted by atomic mass is 10.1. The Balaban J connectivity index is 0.00000261. The van der Waals surface area contributed by atoms with E-state index >= 15 is 0 Å². The summed E-state index contributed by atoms with van der Waals surface area (Å²) in [5, 5.41) is 10.7. The Labute approximate surface area is 176 Å². The zero-order valence-corrected chi connectivity index (χ0v) is 17.9.